The minimum Gasteiger partial charge on any atom is -0.488 e. The molecule has 108 valence electrons. The van der Waals surface area contributed by atoms with Gasteiger partial charge in [0.15, 0.2) is 11.6 Å². The second-order valence-electron chi connectivity index (χ2n) is 4.77. The summed E-state index contributed by atoms with van der Waals surface area (Å²) in [6.07, 6.45) is 7.08. The number of allylic oxidation sites excluding steroid dienone is 3. The van der Waals surface area contributed by atoms with Crippen LogP contribution in [0.25, 0.3) is 0 Å². The minimum atomic E-state index is 0.0409. The molecule has 2 fully saturated rings. The van der Waals surface area contributed by atoms with Gasteiger partial charge >= 0.3 is 0 Å². The number of aliphatic imine (C=N–C) groups is 1. The monoisotopic (exact) mass is 275 g/mol. The van der Waals surface area contributed by atoms with Gasteiger partial charge in [-0.2, -0.15) is 0 Å². The van der Waals surface area contributed by atoms with E-state index in [0.717, 1.165) is 30.3 Å². The van der Waals surface area contributed by atoms with Crippen LogP contribution >= 0.6 is 0 Å². The van der Waals surface area contributed by atoms with Crippen molar-refractivity contribution in [1.82, 2.24) is 10.2 Å². The van der Waals surface area contributed by atoms with E-state index in [0.29, 0.717) is 13.0 Å². The molecule has 2 heterocycles. The fourth-order valence-electron chi connectivity index (χ4n) is 2.53. The zero-order valence-corrected chi connectivity index (χ0v) is 12.1. The van der Waals surface area contributed by atoms with Crippen LogP contribution in [-0.4, -0.2) is 42.9 Å². The molecular weight excluding hydrogens is 254 g/mol. The number of rotatable bonds is 2. The number of amidine groups is 1. The van der Waals surface area contributed by atoms with Crippen molar-refractivity contribution in [3.05, 3.63) is 36.3 Å². The predicted octanol–water partition coefficient (Wildman–Crippen LogP) is 1.60. The molecule has 2 aliphatic heterocycles. The van der Waals surface area contributed by atoms with E-state index in [2.05, 4.69) is 21.8 Å². The largest absolute Gasteiger partial charge is 0.488 e. The average Bonchev–Trinajstić information content (AvgIpc) is 2.44. The molecule has 0 radical (unpaired) electrons. The third kappa shape index (κ3) is 2.92. The number of hydrogen-bond acceptors (Lipinski definition) is 3. The number of carbonyl (C=O) groups excluding carboxylic acids is 1. The number of ether oxygens (including phenoxy) is 1. The first-order valence-corrected chi connectivity index (χ1v) is 6.85. The van der Waals surface area contributed by atoms with Crippen molar-refractivity contribution in [3.8, 4) is 0 Å². The quantitative estimate of drug-likeness (QED) is 0.833. The van der Waals surface area contributed by atoms with E-state index in [1.807, 2.05) is 25.2 Å². The van der Waals surface area contributed by atoms with Crippen molar-refractivity contribution in [1.29, 1.82) is 0 Å². The normalized spacial score (nSPS) is 28.1. The first kappa shape index (κ1) is 14.4. The standard InChI is InChI=1S/C15H21N3O2/c1-4-5-6-13-15(16-3)18(9-10-20-13)12-7-8-14(19)17-11(12)2/h4-6,12H,2,7-10H2,1,3H3,(H,17,19)/b5-4-,13-6+,16-15?. The summed E-state index contributed by atoms with van der Waals surface area (Å²) >= 11 is 0. The van der Waals surface area contributed by atoms with Gasteiger partial charge in [0.2, 0.25) is 5.91 Å². The SMILES string of the molecule is C=C1NC(=O)CCC1N1CCO/C(=C/C=C\C)C1=NC. The van der Waals surface area contributed by atoms with Crippen LogP contribution in [0.15, 0.2) is 41.3 Å². The summed E-state index contributed by atoms with van der Waals surface area (Å²) in [4.78, 5) is 17.9. The molecule has 0 aromatic rings. The van der Waals surface area contributed by atoms with Crippen LogP contribution in [-0.2, 0) is 9.53 Å². The van der Waals surface area contributed by atoms with Crippen LogP contribution in [0.5, 0.6) is 0 Å². The number of morpholine rings is 1. The minimum absolute atomic E-state index is 0.0409. The smallest absolute Gasteiger partial charge is 0.224 e. The van der Waals surface area contributed by atoms with Gasteiger partial charge in [-0.3, -0.25) is 9.79 Å². The average molecular weight is 275 g/mol. The van der Waals surface area contributed by atoms with Crippen molar-refractivity contribution >= 4 is 11.7 Å². The molecule has 1 N–H and O–H groups in total. The maximum absolute atomic E-state index is 11.4. The van der Waals surface area contributed by atoms with Crippen LogP contribution in [0.2, 0.25) is 0 Å². The van der Waals surface area contributed by atoms with E-state index in [1.54, 1.807) is 7.05 Å². The van der Waals surface area contributed by atoms with Gasteiger partial charge in [0, 0.05) is 19.2 Å². The fourth-order valence-corrected chi connectivity index (χ4v) is 2.53. The van der Waals surface area contributed by atoms with Crippen LogP contribution in [0.4, 0.5) is 0 Å². The molecule has 0 bridgehead atoms. The number of hydrogen-bond donors (Lipinski definition) is 1. The van der Waals surface area contributed by atoms with Gasteiger partial charge in [-0.1, -0.05) is 18.7 Å². The van der Waals surface area contributed by atoms with E-state index in [1.165, 1.54) is 0 Å². The van der Waals surface area contributed by atoms with Crippen molar-refractivity contribution in [2.24, 2.45) is 4.99 Å². The molecule has 2 aliphatic rings. The van der Waals surface area contributed by atoms with Gasteiger partial charge in [-0.15, -0.1) is 0 Å². The molecular formula is C15H21N3O2. The molecule has 1 atom stereocenters. The summed E-state index contributed by atoms with van der Waals surface area (Å²) < 4.78 is 5.68. The first-order chi connectivity index (χ1) is 9.67. The number of piperidine rings is 1. The summed E-state index contributed by atoms with van der Waals surface area (Å²) in [7, 11) is 1.75. The number of carbonyl (C=O) groups is 1. The number of nitrogens with zero attached hydrogens (tertiary/aromatic N) is 2. The Kier molecular flexibility index (Phi) is 4.61. The Morgan fingerprint density at radius 1 is 1.55 bits per heavy atom. The van der Waals surface area contributed by atoms with E-state index in [-0.39, 0.29) is 11.9 Å². The number of amides is 1. The molecule has 1 unspecified atom stereocenters. The van der Waals surface area contributed by atoms with Gasteiger partial charge in [-0.25, -0.2) is 0 Å². The zero-order valence-electron chi connectivity index (χ0n) is 12.1. The summed E-state index contributed by atoms with van der Waals surface area (Å²) in [5.74, 6) is 1.62. The molecule has 0 aromatic heterocycles. The third-order valence-electron chi connectivity index (χ3n) is 3.46. The molecule has 20 heavy (non-hydrogen) atoms. The second kappa shape index (κ2) is 6.41. The van der Waals surface area contributed by atoms with Gasteiger partial charge in [-0.05, 0) is 19.4 Å². The molecule has 5 heteroatoms. The van der Waals surface area contributed by atoms with Crippen molar-refractivity contribution < 1.29 is 9.53 Å². The molecule has 2 rings (SSSR count). The van der Waals surface area contributed by atoms with Crippen LogP contribution in [0.1, 0.15) is 19.8 Å². The molecule has 1 amide bonds. The lowest BCUT2D eigenvalue weighted by atomic mass is 10.0. The molecule has 0 saturated carbocycles. The van der Waals surface area contributed by atoms with Crippen molar-refractivity contribution in [3.63, 3.8) is 0 Å². The van der Waals surface area contributed by atoms with E-state index in [9.17, 15) is 4.79 Å². The second-order valence-corrected chi connectivity index (χ2v) is 4.77. The Bertz CT molecular complexity index is 491. The third-order valence-corrected chi connectivity index (χ3v) is 3.46. The van der Waals surface area contributed by atoms with Crippen molar-refractivity contribution in [2.45, 2.75) is 25.8 Å². The summed E-state index contributed by atoms with van der Waals surface area (Å²) in [6.45, 7) is 7.29. The van der Waals surface area contributed by atoms with Gasteiger partial charge < -0.3 is 15.0 Å². The highest BCUT2D eigenvalue weighted by Gasteiger charge is 2.33. The Morgan fingerprint density at radius 3 is 3.00 bits per heavy atom. The maximum atomic E-state index is 11.4. The summed E-state index contributed by atoms with van der Waals surface area (Å²) in [5.41, 5.74) is 0.745. The predicted molar refractivity (Wildman–Crippen MR) is 79.2 cm³/mol. The summed E-state index contributed by atoms with van der Waals surface area (Å²) in [6, 6.07) is 0.0873. The Hall–Kier alpha value is -2.04. The highest BCUT2D eigenvalue weighted by atomic mass is 16.5. The van der Waals surface area contributed by atoms with E-state index >= 15 is 0 Å². The van der Waals surface area contributed by atoms with Gasteiger partial charge in [0.1, 0.15) is 6.61 Å². The van der Waals surface area contributed by atoms with Crippen LogP contribution < -0.4 is 5.32 Å². The first-order valence-electron chi connectivity index (χ1n) is 6.85. The lowest BCUT2D eigenvalue weighted by Gasteiger charge is -2.40. The molecule has 2 saturated heterocycles. The van der Waals surface area contributed by atoms with Gasteiger partial charge in [0.05, 0.1) is 12.6 Å². The molecule has 0 spiro atoms. The van der Waals surface area contributed by atoms with E-state index < -0.39 is 0 Å². The Labute approximate surface area is 119 Å². The molecule has 0 aromatic carbocycles. The molecule has 5 nitrogen and oxygen atoms in total. The van der Waals surface area contributed by atoms with E-state index in [4.69, 9.17) is 4.74 Å². The highest BCUT2D eigenvalue weighted by molar-refractivity contribution is 5.98. The summed E-state index contributed by atoms with van der Waals surface area (Å²) in [5, 5.41) is 2.82. The Morgan fingerprint density at radius 2 is 2.35 bits per heavy atom. The lowest BCUT2D eigenvalue weighted by molar-refractivity contribution is -0.121. The molecule has 0 aliphatic carbocycles. The van der Waals surface area contributed by atoms with Crippen LogP contribution in [0, 0.1) is 0 Å². The fraction of sp³-hybridized carbons (Fsp3) is 0.467. The topological polar surface area (TPSA) is 53.9 Å². The lowest BCUT2D eigenvalue weighted by Crippen LogP contribution is -2.52. The van der Waals surface area contributed by atoms with Gasteiger partial charge in [0.25, 0.3) is 0 Å². The Balaban J connectivity index is 2.22. The zero-order chi connectivity index (χ0) is 14.5. The maximum Gasteiger partial charge on any atom is 0.224 e. The highest BCUT2D eigenvalue weighted by Crippen LogP contribution is 2.23. The van der Waals surface area contributed by atoms with Crippen LogP contribution in [0.3, 0.4) is 0 Å². The number of nitrogens with one attached hydrogen (secondary N) is 1. The van der Waals surface area contributed by atoms with Crippen molar-refractivity contribution in [2.75, 3.05) is 20.2 Å².